The highest BCUT2D eigenvalue weighted by atomic mass is 16.5. The molecule has 2 rings (SSSR count). The Morgan fingerprint density at radius 1 is 1.21 bits per heavy atom. The summed E-state index contributed by atoms with van der Waals surface area (Å²) in [6, 6.07) is 7.17. The van der Waals surface area contributed by atoms with E-state index in [0.29, 0.717) is 12.1 Å². The summed E-state index contributed by atoms with van der Waals surface area (Å²) in [6.07, 6.45) is 5.16. The highest BCUT2D eigenvalue weighted by Crippen LogP contribution is 2.31. The van der Waals surface area contributed by atoms with Crippen LogP contribution in [0, 0.1) is 0 Å². The predicted molar refractivity (Wildman–Crippen MR) is 103 cm³/mol. The fourth-order valence-corrected chi connectivity index (χ4v) is 2.96. The first-order valence-corrected chi connectivity index (χ1v) is 9.00. The van der Waals surface area contributed by atoms with Crippen LogP contribution in [0.25, 0.3) is 10.9 Å². The van der Waals surface area contributed by atoms with Gasteiger partial charge >= 0.3 is 0 Å². The van der Waals surface area contributed by atoms with Gasteiger partial charge in [0.05, 0.1) is 18.3 Å². The molecular weight excluding hydrogens is 298 g/mol. The molecule has 0 fully saturated rings. The smallest absolute Gasteiger partial charge is 0.121 e. The molecule has 1 aromatic heterocycles. The van der Waals surface area contributed by atoms with Gasteiger partial charge in [-0.1, -0.05) is 20.8 Å². The molecule has 0 saturated heterocycles. The third-order valence-electron chi connectivity index (χ3n) is 4.29. The lowest BCUT2D eigenvalue weighted by atomic mass is 10.0. The third kappa shape index (κ3) is 4.84. The number of aryl methyl sites for hydroxylation is 1. The Labute approximate surface area is 146 Å². The van der Waals surface area contributed by atoms with Gasteiger partial charge < -0.3 is 15.4 Å². The van der Waals surface area contributed by atoms with Crippen LogP contribution in [0.2, 0.25) is 0 Å². The number of nitrogens with zero attached hydrogens (tertiary/aromatic N) is 1. The van der Waals surface area contributed by atoms with E-state index in [1.807, 2.05) is 6.20 Å². The van der Waals surface area contributed by atoms with Gasteiger partial charge in [-0.2, -0.15) is 0 Å². The fourth-order valence-electron chi connectivity index (χ4n) is 2.96. The Bertz CT molecular complexity index is 655. The largest absolute Gasteiger partial charge is 0.497 e. The number of aromatic nitrogens is 1. The summed E-state index contributed by atoms with van der Waals surface area (Å²) in [7, 11) is 1.72. The first kappa shape index (κ1) is 18.5. The number of anilines is 1. The predicted octanol–water partition coefficient (Wildman–Crippen LogP) is 4.38. The van der Waals surface area contributed by atoms with Crippen molar-refractivity contribution in [2.24, 2.45) is 0 Å². The van der Waals surface area contributed by atoms with Crippen LogP contribution in [0.15, 0.2) is 24.4 Å². The second kappa shape index (κ2) is 8.88. The van der Waals surface area contributed by atoms with Gasteiger partial charge in [0.2, 0.25) is 0 Å². The maximum Gasteiger partial charge on any atom is 0.121 e. The molecule has 0 aliphatic carbocycles. The number of nitrogens with one attached hydrogen (secondary N) is 2. The van der Waals surface area contributed by atoms with Gasteiger partial charge in [-0.25, -0.2) is 0 Å². The van der Waals surface area contributed by atoms with Crippen molar-refractivity contribution >= 4 is 16.6 Å². The number of pyridine rings is 1. The lowest BCUT2D eigenvalue weighted by Gasteiger charge is -2.18. The molecule has 0 bridgehead atoms. The van der Waals surface area contributed by atoms with E-state index >= 15 is 0 Å². The minimum Gasteiger partial charge on any atom is -0.497 e. The molecule has 24 heavy (non-hydrogen) atoms. The van der Waals surface area contributed by atoms with Crippen molar-refractivity contribution in [3.8, 4) is 5.75 Å². The Balaban J connectivity index is 2.15. The molecule has 2 N–H and O–H groups in total. The zero-order valence-corrected chi connectivity index (χ0v) is 15.6. The van der Waals surface area contributed by atoms with E-state index in [2.05, 4.69) is 61.5 Å². The molecule has 1 unspecified atom stereocenters. The summed E-state index contributed by atoms with van der Waals surface area (Å²) in [4.78, 5) is 4.61. The van der Waals surface area contributed by atoms with Crippen LogP contribution in [-0.2, 0) is 6.42 Å². The van der Waals surface area contributed by atoms with Crippen molar-refractivity contribution in [1.82, 2.24) is 10.3 Å². The van der Waals surface area contributed by atoms with E-state index < -0.39 is 0 Å². The highest BCUT2D eigenvalue weighted by Gasteiger charge is 2.11. The standard InChI is InChI=1S/C20H31N3O/c1-6-16-9-11-22-20-18(16)12-17(24-5)13-19(20)23-15(4)8-7-10-21-14(2)3/h9,11-15,21,23H,6-8,10H2,1-5H3. The maximum atomic E-state index is 5.49. The minimum atomic E-state index is 0.390. The number of fused-ring (bicyclic) bond motifs is 1. The van der Waals surface area contributed by atoms with Crippen molar-refractivity contribution in [2.45, 2.75) is 59.0 Å². The molecule has 1 atom stereocenters. The molecule has 0 saturated carbocycles. The van der Waals surface area contributed by atoms with Crippen molar-refractivity contribution in [2.75, 3.05) is 19.0 Å². The lowest BCUT2D eigenvalue weighted by molar-refractivity contribution is 0.415. The summed E-state index contributed by atoms with van der Waals surface area (Å²) in [5, 5.41) is 8.27. The Hall–Kier alpha value is -1.81. The zero-order chi connectivity index (χ0) is 17.5. The highest BCUT2D eigenvalue weighted by molar-refractivity contribution is 5.94. The number of ether oxygens (including phenoxy) is 1. The molecule has 0 aliphatic heterocycles. The van der Waals surface area contributed by atoms with Crippen LogP contribution in [0.5, 0.6) is 5.75 Å². The molecule has 1 heterocycles. The number of hydrogen-bond acceptors (Lipinski definition) is 4. The third-order valence-corrected chi connectivity index (χ3v) is 4.29. The van der Waals surface area contributed by atoms with Gasteiger partial charge in [-0.3, -0.25) is 4.98 Å². The molecule has 2 aromatic rings. The first-order valence-electron chi connectivity index (χ1n) is 9.00. The van der Waals surface area contributed by atoms with E-state index in [-0.39, 0.29) is 0 Å². The Morgan fingerprint density at radius 3 is 2.67 bits per heavy atom. The average molecular weight is 329 g/mol. The molecule has 0 aliphatic rings. The zero-order valence-electron chi connectivity index (χ0n) is 15.6. The molecule has 1 aromatic carbocycles. The van der Waals surface area contributed by atoms with Crippen molar-refractivity contribution in [1.29, 1.82) is 0 Å². The molecule has 132 valence electrons. The van der Waals surface area contributed by atoms with Crippen LogP contribution in [-0.4, -0.2) is 30.7 Å². The second-order valence-electron chi connectivity index (χ2n) is 6.69. The van der Waals surface area contributed by atoms with E-state index in [4.69, 9.17) is 4.74 Å². The molecule has 4 nitrogen and oxygen atoms in total. The van der Waals surface area contributed by atoms with Crippen molar-refractivity contribution < 1.29 is 4.74 Å². The van der Waals surface area contributed by atoms with Crippen molar-refractivity contribution in [3.63, 3.8) is 0 Å². The van der Waals surface area contributed by atoms with Gasteiger partial charge in [0, 0.05) is 29.7 Å². The lowest BCUT2D eigenvalue weighted by Crippen LogP contribution is -2.25. The van der Waals surface area contributed by atoms with Crippen LogP contribution < -0.4 is 15.4 Å². The topological polar surface area (TPSA) is 46.2 Å². The SMILES string of the molecule is CCc1ccnc2c(NC(C)CCCNC(C)C)cc(OC)cc12. The molecule has 0 radical (unpaired) electrons. The summed E-state index contributed by atoms with van der Waals surface area (Å²) in [5.41, 5.74) is 3.39. The summed E-state index contributed by atoms with van der Waals surface area (Å²) in [6.45, 7) is 9.82. The Kier molecular flexibility index (Phi) is 6.85. The van der Waals surface area contributed by atoms with Gasteiger partial charge in [0.1, 0.15) is 5.75 Å². The maximum absolute atomic E-state index is 5.49. The van der Waals surface area contributed by atoms with Crippen LogP contribution >= 0.6 is 0 Å². The number of rotatable bonds is 9. The van der Waals surface area contributed by atoms with Crippen LogP contribution in [0.3, 0.4) is 0 Å². The van der Waals surface area contributed by atoms with E-state index in [1.165, 1.54) is 10.9 Å². The second-order valence-corrected chi connectivity index (χ2v) is 6.69. The van der Waals surface area contributed by atoms with Crippen LogP contribution in [0.4, 0.5) is 5.69 Å². The first-order chi connectivity index (χ1) is 11.5. The van der Waals surface area contributed by atoms with Gasteiger partial charge in [0.25, 0.3) is 0 Å². The van der Waals surface area contributed by atoms with Gasteiger partial charge in [-0.15, -0.1) is 0 Å². The number of methoxy groups -OCH3 is 1. The minimum absolute atomic E-state index is 0.390. The van der Waals surface area contributed by atoms with Crippen LogP contribution in [0.1, 0.15) is 46.1 Å². The Morgan fingerprint density at radius 2 is 2.00 bits per heavy atom. The van der Waals surface area contributed by atoms with Gasteiger partial charge in [-0.05, 0) is 50.4 Å². The molecule has 0 amide bonds. The quantitative estimate of drug-likeness (QED) is 0.670. The summed E-state index contributed by atoms with van der Waals surface area (Å²) in [5.74, 6) is 0.876. The van der Waals surface area contributed by atoms with E-state index in [1.54, 1.807) is 7.11 Å². The van der Waals surface area contributed by atoms with Gasteiger partial charge in [0.15, 0.2) is 0 Å². The summed E-state index contributed by atoms with van der Waals surface area (Å²) < 4.78 is 5.49. The monoisotopic (exact) mass is 329 g/mol. The number of benzene rings is 1. The molecule has 0 spiro atoms. The fraction of sp³-hybridized carbons (Fsp3) is 0.550. The number of hydrogen-bond donors (Lipinski definition) is 2. The van der Waals surface area contributed by atoms with E-state index in [9.17, 15) is 0 Å². The average Bonchev–Trinajstić information content (AvgIpc) is 2.57. The van der Waals surface area contributed by atoms with E-state index in [0.717, 1.165) is 42.8 Å². The van der Waals surface area contributed by atoms with Crippen molar-refractivity contribution in [3.05, 3.63) is 30.0 Å². The molecule has 4 heteroatoms. The normalized spacial score (nSPS) is 12.6. The summed E-state index contributed by atoms with van der Waals surface area (Å²) >= 11 is 0. The molecular formula is C20H31N3O.